The number of hydrogen-bond acceptors (Lipinski definition) is 6. The molecule has 0 bridgehead atoms. The minimum absolute atomic E-state index is 0.683. The minimum Gasteiger partial charge on any atom is -0.497 e. The summed E-state index contributed by atoms with van der Waals surface area (Å²) in [5.74, 6) is 2.16. The molecule has 2 aromatic carbocycles. The average Bonchev–Trinajstić information content (AvgIpc) is 3.35. The van der Waals surface area contributed by atoms with E-state index in [0.29, 0.717) is 5.02 Å². The van der Waals surface area contributed by atoms with Gasteiger partial charge >= 0.3 is 0 Å². The fraction of sp³-hybridized carbons (Fsp3) is 0.393. The highest BCUT2D eigenvalue weighted by molar-refractivity contribution is 6.31. The first-order chi connectivity index (χ1) is 17.1. The summed E-state index contributed by atoms with van der Waals surface area (Å²) in [6.45, 7) is 5.22. The third kappa shape index (κ3) is 5.59. The van der Waals surface area contributed by atoms with Gasteiger partial charge in [-0.05, 0) is 86.9 Å². The number of aromatic nitrogens is 2. The van der Waals surface area contributed by atoms with Crippen LogP contribution in [-0.2, 0) is 13.0 Å². The number of fused-ring (bicyclic) bond motifs is 1. The molecular formula is C28H32ClN5O. The number of rotatable bonds is 7. The summed E-state index contributed by atoms with van der Waals surface area (Å²) in [6, 6.07) is 13.9. The van der Waals surface area contributed by atoms with Gasteiger partial charge < -0.3 is 9.64 Å². The first kappa shape index (κ1) is 23.6. The number of aryl methyl sites for hydroxylation is 1. The molecule has 1 fully saturated rings. The second-order valence-electron chi connectivity index (χ2n) is 9.36. The van der Waals surface area contributed by atoms with Gasteiger partial charge in [-0.3, -0.25) is 4.98 Å². The smallest absolute Gasteiger partial charge is 0.124 e. The molecule has 0 radical (unpaired) electrons. The molecule has 0 aliphatic carbocycles. The van der Waals surface area contributed by atoms with Gasteiger partial charge in [-0.25, -0.2) is 9.99 Å². The lowest BCUT2D eigenvalue weighted by molar-refractivity contribution is 0.231. The topological polar surface area (TPSA) is 53.9 Å². The van der Waals surface area contributed by atoms with Crippen molar-refractivity contribution >= 4 is 28.3 Å². The van der Waals surface area contributed by atoms with Gasteiger partial charge in [-0.15, -0.1) is 0 Å². The number of ether oxygens (including phenoxy) is 1. The molecule has 0 atom stereocenters. The molecule has 1 aromatic heterocycles. The third-order valence-electron chi connectivity index (χ3n) is 6.80. The quantitative estimate of drug-likeness (QED) is 0.395. The zero-order chi connectivity index (χ0) is 24.2. The molecule has 3 aromatic rings. The molecule has 6 nitrogen and oxygen atoms in total. The van der Waals surface area contributed by atoms with Crippen molar-refractivity contribution in [2.75, 3.05) is 20.2 Å². The number of hydrazone groups is 1. The monoisotopic (exact) mass is 489 g/mol. The highest BCUT2D eigenvalue weighted by atomic mass is 35.5. The van der Waals surface area contributed by atoms with Crippen LogP contribution in [0.15, 0.2) is 65.2 Å². The fourth-order valence-corrected chi connectivity index (χ4v) is 5.07. The van der Waals surface area contributed by atoms with Gasteiger partial charge in [-0.1, -0.05) is 23.7 Å². The maximum Gasteiger partial charge on any atom is 0.124 e. The molecule has 0 N–H and O–H groups in total. The molecule has 2 aliphatic rings. The van der Waals surface area contributed by atoms with Crippen LogP contribution in [0.1, 0.15) is 50.3 Å². The number of benzene rings is 2. The molecule has 2 aliphatic heterocycles. The van der Waals surface area contributed by atoms with Gasteiger partial charge in [0.15, 0.2) is 0 Å². The summed E-state index contributed by atoms with van der Waals surface area (Å²) in [5.41, 5.74) is 6.52. The van der Waals surface area contributed by atoms with Crippen LogP contribution in [0, 0.1) is 0 Å². The van der Waals surface area contributed by atoms with Crippen LogP contribution in [0.25, 0.3) is 11.0 Å². The van der Waals surface area contributed by atoms with Crippen LogP contribution < -0.4 is 4.74 Å². The standard InChI is InChI=1S/C28H32ClN5O/c1-20-5-9-23(10-11-24-18-30-26-14-8-22(29)17-27(26)31-24)32-34(28(20)33-15-3-4-16-33)19-21-6-12-25(35-2)13-7-21/h6-8,12-14,17-18H,3-5,9-11,15-16,19H2,1-2H3. The van der Waals surface area contributed by atoms with E-state index in [1.54, 1.807) is 7.11 Å². The van der Waals surface area contributed by atoms with Gasteiger partial charge in [0.05, 0.1) is 30.4 Å². The molecule has 0 saturated carbocycles. The van der Waals surface area contributed by atoms with Crippen LogP contribution in [0.5, 0.6) is 5.75 Å². The van der Waals surface area contributed by atoms with Gasteiger partial charge in [0.2, 0.25) is 0 Å². The second kappa shape index (κ2) is 10.6. The number of allylic oxidation sites excluding steroid dienone is 1. The number of likely N-dealkylation sites (tertiary alicyclic amines) is 1. The molecule has 3 heterocycles. The Morgan fingerprint density at radius 1 is 0.971 bits per heavy atom. The Bertz CT molecular complexity index is 1250. The summed E-state index contributed by atoms with van der Waals surface area (Å²) in [7, 11) is 1.70. The van der Waals surface area contributed by atoms with Gasteiger partial charge in [0.1, 0.15) is 11.6 Å². The van der Waals surface area contributed by atoms with E-state index in [4.69, 9.17) is 26.4 Å². The highest BCUT2D eigenvalue weighted by Gasteiger charge is 2.25. The van der Waals surface area contributed by atoms with E-state index in [2.05, 4.69) is 33.9 Å². The van der Waals surface area contributed by atoms with Crippen molar-refractivity contribution in [1.82, 2.24) is 19.9 Å². The molecule has 35 heavy (non-hydrogen) atoms. The van der Waals surface area contributed by atoms with Crippen molar-refractivity contribution in [2.24, 2.45) is 5.10 Å². The van der Waals surface area contributed by atoms with Gasteiger partial charge in [0.25, 0.3) is 0 Å². The Hall–Kier alpha value is -3.12. The number of nitrogens with zero attached hydrogens (tertiary/aromatic N) is 5. The van der Waals surface area contributed by atoms with Crippen molar-refractivity contribution < 1.29 is 4.74 Å². The Morgan fingerprint density at radius 3 is 2.54 bits per heavy atom. The summed E-state index contributed by atoms with van der Waals surface area (Å²) in [6.07, 6.45) is 8.03. The first-order valence-electron chi connectivity index (χ1n) is 12.4. The molecule has 5 rings (SSSR count). The molecular weight excluding hydrogens is 458 g/mol. The third-order valence-corrected chi connectivity index (χ3v) is 7.03. The van der Waals surface area contributed by atoms with E-state index >= 15 is 0 Å². The van der Waals surface area contributed by atoms with E-state index in [0.717, 1.165) is 67.8 Å². The van der Waals surface area contributed by atoms with Crippen molar-refractivity contribution in [3.63, 3.8) is 0 Å². The van der Waals surface area contributed by atoms with Crippen molar-refractivity contribution in [3.05, 3.63) is 76.3 Å². The molecule has 1 saturated heterocycles. The zero-order valence-corrected chi connectivity index (χ0v) is 21.3. The van der Waals surface area contributed by atoms with Crippen LogP contribution in [0.3, 0.4) is 0 Å². The SMILES string of the molecule is COc1ccc(CN2N=C(CCc3cnc4ccc(Cl)cc4n3)CCC(C)=C2N2CCCC2)cc1. The molecule has 0 amide bonds. The van der Waals surface area contributed by atoms with Gasteiger partial charge in [-0.2, -0.15) is 5.10 Å². The van der Waals surface area contributed by atoms with E-state index in [1.807, 2.05) is 36.5 Å². The Labute approximate surface area is 212 Å². The largest absolute Gasteiger partial charge is 0.497 e. The van der Waals surface area contributed by atoms with Crippen LogP contribution in [0.2, 0.25) is 5.02 Å². The zero-order valence-electron chi connectivity index (χ0n) is 20.5. The van der Waals surface area contributed by atoms with Crippen molar-refractivity contribution in [3.8, 4) is 5.75 Å². The fourth-order valence-electron chi connectivity index (χ4n) is 4.90. The average molecular weight is 490 g/mol. The normalized spacial score (nSPS) is 16.6. The number of hydrogen-bond donors (Lipinski definition) is 0. The molecule has 182 valence electrons. The summed E-state index contributed by atoms with van der Waals surface area (Å²) >= 11 is 6.16. The van der Waals surface area contributed by atoms with E-state index in [-0.39, 0.29) is 0 Å². The second-order valence-corrected chi connectivity index (χ2v) is 9.80. The van der Waals surface area contributed by atoms with Crippen LogP contribution in [0.4, 0.5) is 0 Å². The Kier molecular flexibility index (Phi) is 7.19. The number of methoxy groups -OCH3 is 1. The Morgan fingerprint density at radius 2 is 1.77 bits per heavy atom. The molecule has 0 unspecified atom stereocenters. The maximum absolute atomic E-state index is 6.16. The summed E-state index contributed by atoms with van der Waals surface area (Å²) in [5, 5.41) is 8.15. The lowest BCUT2D eigenvalue weighted by atomic mass is 10.0. The minimum atomic E-state index is 0.683. The summed E-state index contributed by atoms with van der Waals surface area (Å²) < 4.78 is 5.35. The van der Waals surface area contributed by atoms with Crippen molar-refractivity contribution in [1.29, 1.82) is 0 Å². The van der Waals surface area contributed by atoms with Crippen LogP contribution >= 0.6 is 11.6 Å². The maximum atomic E-state index is 6.16. The van der Waals surface area contributed by atoms with E-state index in [9.17, 15) is 0 Å². The van der Waals surface area contributed by atoms with Crippen molar-refractivity contribution in [2.45, 2.75) is 52.0 Å². The van der Waals surface area contributed by atoms with Gasteiger partial charge in [0, 0.05) is 30.0 Å². The van der Waals surface area contributed by atoms with Crippen LogP contribution in [-0.4, -0.2) is 45.8 Å². The summed E-state index contributed by atoms with van der Waals surface area (Å²) in [4.78, 5) is 11.9. The lowest BCUT2D eigenvalue weighted by Crippen LogP contribution is -2.31. The van der Waals surface area contributed by atoms with E-state index in [1.165, 1.54) is 35.5 Å². The predicted octanol–water partition coefficient (Wildman–Crippen LogP) is 6.20. The first-order valence-corrected chi connectivity index (χ1v) is 12.8. The predicted molar refractivity (Wildman–Crippen MR) is 142 cm³/mol. The molecule has 7 heteroatoms. The lowest BCUT2D eigenvalue weighted by Gasteiger charge is -2.31. The number of halogens is 1. The van der Waals surface area contributed by atoms with E-state index < -0.39 is 0 Å². The molecule has 0 spiro atoms. The Balaban J connectivity index is 1.38. The highest BCUT2D eigenvalue weighted by Crippen LogP contribution is 2.29.